The molecule has 0 bridgehead atoms. The van der Waals surface area contributed by atoms with Crippen LogP contribution >= 0.6 is 15.9 Å². The van der Waals surface area contributed by atoms with Gasteiger partial charge in [0.05, 0.1) is 4.83 Å². The van der Waals surface area contributed by atoms with Gasteiger partial charge in [-0.1, -0.05) is 34.1 Å². The number of hydrogen-bond donors (Lipinski definition) is 0. The van der Waals surface area contributed by atoms with Crippen LogP contribution in [0, 0.1) is 6.92 Å². The molecule has 1 unspecified atom stereocenters. The van der Waals surface area contributed by atoms with Crippen molar-refractivity contribution >= 4 is 28.0 Å². The van der Waals surface area contributed by atoms with Crippen LogP contribution in [0.2, 0.25) is 0 Å². The van der Waals surface area contributed by atoms with Crippen LogP contribution < -0.4 is 0 Å². The largest absolute Gasteiger partial charge is 0.298 e. The summed E-state index contributed by atoms with van der Waals surface area (Å²) in [5.41, 5.74) is 2.30. The third-order valence-corrected chi connectivity index (χ3v) is 3.20. The Morgan fingerprint density at radius 3 is 2.64 bits per heavy atom. The molecule has 0 radical (unpaired) electrons. The topological polar surface area (TPSA) is 34.1 Å². The number of carbonyl (C=O) groups excluding carboxylic acids is 2. The molecule has 74 valence electrons. The molecule has 0 saturated carbocycles. The van der Waals surface area contributed by atoms with Crippen molar-refractivity contribution in [2.75, 3.05) is 0 Å². The number of alkyl halides is 1. The summed E-state index contributed by atoms with van der Waals surface area (Å²) in [6, 6.07) is 5.41. The predicted octanol–water partition coefficient (Wildman–Crippen LogP) is 2.83. The molecule has 3 heteroatoms. The molecule has 0 aliphatic heterocycles. The van der Waals surface area contributed by atoms with E-state index in [1.165, 1.54) is 6.92 Å². The summed E-state index contributed by atoms with van der Waals surface area (Å²) in [7, 11) is 0. The molecule has 0 aliphatic carbocycles. The number of aldehydes is 1. The third-order valence-electron chi connectivity index (χ3n) is 2.10. The maximum Gasteiger partial charge on any atom is 0.150 e. The Bertz CT molecular complexity index is 372. The molecule has 1 atom stereocenters. The van der Waals surface area contributed by atoms with Crippen LogP contribution in [0.5, 0.6) is 0 Å². The number of benzene rings is 1. The van der Waals surface area contributed by atoms with Crippen molar-refractivity contribution in [1.29, 1.82) is 0 Å². The van der Waals surface area contributed by atoms with Crippen LogP contribution in [0.25, 0.3) is 0 Å². The van der Waals surface area contributed by atoms with Crippen molar-refractivity contribution in [3.63, 3.8) is 0 Å². The zero-order valence-corrected chi connectivity index (χ0v) is 9.67. The quantitative estimate of drug-likeness (QED) is 0.614. The third kappa shape index (κ3) is 2.10. The van der Waals surface area contributed by atoms with Gasteiger partial charge in [-0.15, -0.1) is 0 Å². The Hall–Kier alpha value is -0.960. The van der Waals surface area contributed by atoms with Crippen molar-refractivity contribution in [3.8, 4) is 0 Å². The average molecular weight is 255 g/mol. The molecule has 0 aromatic heterocycles. The minimum atomic E-state index is -0.385. The van der Waals surface area contributed by atoms with Gasteiger partial charge in [-0.2, -0.15) is 0 Å². The van der Waals surface area contributed by atoms with Gasteiger partial charge in [0.25, 0.3) is 0 Å². The van der Waals surface area contributed by atoms with E-state index in [9.17, 15) is 9.59 Å². The summed E-state index contributed by atoms with van der Waals surface area (Å²) >= 11 is 3.28. The number of ketones is 1. The van der Waals surface area contributed by atoms with Gasteiger partial charge >= 0.3 is 0 Å². The molecule has 0 fully saturated rings. The normalized spacial score (nSPS) is 12.2. The molecular formula is C11H11BrO2. The molecule has 0 amide bonds. The number of carbonyl (C=O) groups is 2. The maximum atomic E-state index is 11.2. The second kappa shape index (κ2) is 4.51. The van der Waals surface area contributed by atoms with Crippen LogP contribution in [-0.2, 0) is 4.79 Å². The fourth-order valence-corrected chi connectivity index (χ4v) is 1.98. The highest BCUT2D eigenvalue weighted by Crippen LogP contribution is 2.28. The minimum absolute atomic E-state index is 0.00222. The summed E-state index contributed by atoms with van der Waals surface area (Å²) in [5, 5.41) is 0. The van der Waals surface area contributed by atoms with Crippen molar-refractivity contribution in [2.45, 2.75) is 18.7 Å². The van der Waals surface area contributed by atoms with Crippen molar-refractivity contribution in [3.05, 3.63) is 34.9 Å². The van der Waals surface area contributed by atoms with E-state index in [0.717, 1.165) is 17.4 Å². The Kier molecular flexibility index (Phi) is 3.58. The lowest BCUT2D eigenvalue weighted by Gasteiger charge is -2.12. The lowest BCUT2D eigenvalue weighted by Crippen LogP contribution is -2.06. The second-order valence-electron chi connectivity index (χ2n) is 3.17. The maximum absolute atomic E-state index is 11.2. The Labute approximate surface area is 91.4 Å². The highest BCUT2D eigenvalue weighted by molar-refractivity contribution is 9.09. The zero-order valence-electron chi connectivity index (χ0n) is 8.08. The molecule has 0 aliphatic rings. The van der Waals surface area contributed by atoms with Crippen molar-refractivity contribution in [2.24, 2.45) is 0 Å². The van der Waals surface area contributed by atoms with E-state index in [4.69, 9.17) is 0 Å². The van der Waals surface area contributed by atoms with Gasteiger partial charge in [0.15, 0.2) is 0 Å². The molecule has 1 rings (SSSR count). The fourth-order valence-electron chi connectivity index (χ4n) is 1.36. The van der Waals surface area contributed by atoms with Crippen LogP contribution in [0.3, 0.4) is 0 Å². The summed E-state index contributed by atoms with van der Waals surface area (Å²) < 4.78 is 0. The first kappa shape index (κ1) is 11.1. The number of Topliss-reactive ketones (excluding diaryl/α,β-unsaturated/α-hetero) is 1. The molecular weight excluding hydrogens is 244 g/mol. The zero-order chi connectivity index (χ0) is 10.7. The summed E-state index contributed by atoms with van der Waals surface area (Å²) in [6.45, 7) is 3.39. The standard InChI is InChI=1S/C11H11BrO2/c1-7-4-3-5-9(6-13)10(7)11(12)8(2)14/h3-6,11H,1-2H3. The number of hydrogen-bond acceptors (Lipinski definition) is 2. The molecule has 1 aromatic carbocycles. The molecule has 0 heterocycles. The van der Waals surface area contributed by atoms with Gasteiger partial charge in [-0.05, 0) is 25.0 Å². The number of aryl methyl sites for hydroxylation is 1. The van der Waals surface area contributed by atoms with Gasteiger partial charge in [0.2, 0.25) is 0 Å². The Morgan fingerprint density at radius 1 is 1.50 bits per heavy atom. The highest BCUT2D eigenvalue weighted by atomic mass is 79.9. The minimum Gasteiger partial charge on any atom is -0.298 e. The second-order valence-corrected chi connectivity index (χ2v) is 4.08. The SMILES string of the molecule is CC(=O)C(Br)c1c(C)cccc1C=O. The lowest BCUT2D eigenvalue weighted by atomic mass is 9.98. The van der Waals surface area contributed by atoms with E-state index in [-0.39, 0.29) is 10.6 Å². The van der Waals surface area contributed by atoms with E-state index < -0.39 is 0 Å². The number of rotatable bonds is 3. The van der Waals surface area contributed by atoms with Gasteiger partial charge in [-0.25, -0.2) is 0 Å². The number of halogens is 1. The summed E-state index contributed by atoms with van der Waals surface area (Å²) in [6.07, 6.45) is 0.777. The van der Waals surface area contributed by atoms with E-state index in [1.54, 1.807) is 6.07 Å². The van der Waals surface area contributed by atoms with Crippen molar-refractivity contribution < 1.29 is 9.59 Å². The first-order valence-corrected chi connectivity index (χ1v) is 5.18. The Balaban J connectivity index is 3.30. The van der Waals surface area contributed by atoms with E-state index in [0.29, 0.717) is 5.56 Å². The van der Waals surface area contributed by atoms with Gasteiger partial charge < -0.3 is 0 Å². The summed E-state index contributed by atoms with van der Waals surface area (Å²) in [5.74, 6) is 0.00222. The van der Waals surface area contributed by atoms with Gasteiger partial charge in [0, 0.05) is 5.56 Å². The smallest absolute Gasteiger partial charge is 0.150 e. The van der Waals surface area contributed by atoms with E-state index in [2.05, 4.69) is 15.9 Å². The van der Waals surface area contributed by atoms with Crippen LogP contribution in [0.15, 0.2) is 18.2 Å². The van der Waals surface area contributed by atoms with Gasteiger partial charge in [0.1, 0.15) is 12.1 Å². The van der Waals surface area contributed by atoms with Crippen molar-refractivity contribution in [1.82, 2.24) is 0 Å². The molecule has 2 nitrogen and oxygen atoms in total. The predicted molar refractivity (Wildman–Crippen MR) is 58.9 cm³/mol. The molecule has 0 spiro atoms. The lowest BCUT2D eigenvalue weighted by molar-refractivity contribution is -0.116. The molecule has 0 saturated heterocycles. The highest BCUT2D eigenvalue weighted by Gasteiger charge is 2.18. The Morgan fingerprint density at radius 2 is 2.14 bits per heavy atom. The summed E-state index contributed by atoms with van der Waals surface area (Å²) in [4.78, 5) is 21.6. The average Bonchev–Trinajstić information content (AvgIpc) is 2.16. The first-order valence-electron chi connectivity index (χ1n) is 4.27. The van der Waals surface area contributed by atoms with E-state index in [1.807, 2.05) is 19.1 Å². The fraction of sp³-hybridized carbons (Fsp3) is 0.273. The van der Waals surface area contributed by atoms with Gasteiger partial charge in [-0.3, -0.25) is 9.59 Å². The molecule has 14 heavy (non-hydrogen) atoms. The molecule has 1 aromatic rings. The van der Waals surface area contributed by atoms with E-state index >= 15 is 0 Å². The van der Waals surface area contributed by atoms with Crippen LogP contribution in [0.1, 0.15) is 33.2 Å². The molecule has 0 N–H and O–H groups in total. The van der Waals surface area contributed by atoms with Crippen LogP contribution in [-0.4, -0.2) is 12.1 Å². The van der Waals surface area contributed by atoms with Crippen LogP contribution in [0.4, 0.5) is 0 Å². The monoisotopic (exact) mass is 254 g/mol. The first-order chi connectivity index (χ1) is 6.57.